The molecule has 0 bridgehead atoms. The van der Waals surface area contributed by atoms with Crippen molar-refractivity contribution in [3.05, 3.63) is 56.1 Å². The summed E-state index contributed by atoms with van der Waals surface area (Å²) in [5.74, 6) is 0.0311. The van der Waals surface area contributed by atoms with Gasteiger partial charge < -0.3 is 4.74 Å². The summed E-state index contributed by atoms with van der Waals surface area (Å²) in [4.78, 5) is 9.87. The van der Waals surface area contributed by atoms with E-state index in [2.05, 4.69) is 27.3 Å². The van der Waals surface area contributed by atoms with Crippen LogP contribution < -0.4 is 9.46 Å². The van der Waals surface area contributed by atoms with Crippen molar-refractivity contribution in [2.45, 2.75) is 4.90 Å². The molecule has 0 unspecified atom stereocenters. The van der Waals surface area contributed by atoms with Crippen LogP contribution in [0.25, 0.3) is 0 Å². The van der Waals surface area contributed by atoms with Crippen molar-refractivity contribution in [3.8, 4) is 5.75 Å². The lowest BCUT2D eigenvalue weighted by Gasteiger charge is -2.11. The molecule has 7 nitrogen and oxygen atoms in total. The topological polar surface area (TPSA) is 98.5 Å². The van der Waals surface area contributed by atoms with Crippen LogP contribution in [-0.4, -0.2) is 20.5 Å². The maximum atomic E-state index is 12.4. The summed E-state index contributed by atoms with van der Waals surface area (Å²) >= 11 is 2.10. The monoisotopic (exact) mass is 434 g/mol. The molecule has 22 heavy (non-hydrogen) atoms. The van der Waals surface area contributed by atoms with Gasteiger partial charge in [0, 0.05) is 21.4 Å². The average molecular weight is 434 g/mol. The first kappa shape index (κ1) is 16.5. The summed E-state index contributed by atoms with van der Waals surface area (Å²) in [6.45, 7) is 0. The molecule has 1 N–H and O–H groups in total. The Morgan fingerprint density at radius 1 is 1.18 bits per heavy atom. The van der Waals surface area contributed by atoms with Gasteiger partial charge in [0.1, 0.15) is 10.6 Å². The van der Waals surface area contributed by atoms with Gasteiger partial charge in [0.05, 0.1) is 12.0 Å². The van der Waals surface area contributed by atoms with Gasteiger partial charge in [-0.25, -0.2) is 8.42 Å². The van der Waals surface area contributed by atoms with Gasteiger partial charge in [0.2, 0.25) is 0 Å². The molecule has 0 spiro atoms. The summed E-state index contributed by atoms with van der Waals surface area (Å²) in [5.41, 5.74) is 0.0257. The maximum absolute atomic E-state index is 12.4. The predicted molar refractivity (Wildman–Crippen MR) is 89.6 cm³/mol. The minimum atomic E-state index is -4.01. The van der Waals surface area contributed by atoms with Crippen molar-refractivity contribution in [1.29, 1.82) is 0 Å². The number of non-ortho nitro benzene ring substituents is 1. The lowest BCUT2D eigenvalue weighted by atomic mass is 10.3. The number of hydrogen-bond donors (Lipinski definition) is 1. The van der Waals surface area contributed by atoms with Crippen LogP contribution in [0.3, 0.4) is 0 Å². The molecule has 116 valence electrons. The highest BCUT2D eigenvalue weighted by atomic mass is 127. The molecule has 2 rings (SSSR count). The number of nitro benzene ring substituents is 1. The summed E-state index contributed by atoms with van der Waals surface area (Å²) in [5, 5.41) is 10.8. The molecular weight excluding hydrogens is 423 g/mol. The number of rotatable bonds is 5. The molecular formula is C13H11IN2O5S. The van der Waals surface area contributed by atoms with E-state index in [-0.39, 0.29) is 16.3 Å². The Morgan fingerprint density at radius 3 is 2.36 bits per heavy atom. The first-order valence-corrected chi connectivity index (χ1v) is 8.50. The van der Waals surface area contributed by atoms with Crippen LogP contribution in [0.4, 0.5) is 11.4 Å². The van der Waals surface area contributed by atoms with Crippen LogP contribution in [0.1, 0.15) is 0 Å². The van der Waals surface area contributed by atoms with E-state index in [0.717, 1.165) is 9.64 Å². The van der Waals surface area contributed by atoms with Crippen molar-refractivity contribution in [1.82, 2.24) is 0 Å². The van der Waals surface area contributed by atoms with E-state index < -0.39 is 14.9 Å². The number of benzene rings is 2. The van der Waals surface area contributed by atoms with E-state index in [0.29, 0.717) is 5.69 Å². The fraction of sp³-hybridized carbons (Fsp3) is 0.0769. The van der Waals surface area contributed by atoms with E-state index in [4.69, 9.17) is 4.74 Å². The Kier molecular flexibility index (Phi) is 4.86. The van der Waals surface area contributed by atoms with Crippen molar-refractivity contribution in [3.63, 3.8) is 0 Å². The quantitative estimate of drug-likeness (QED) is 0.443. The zero-order valence-corrected chi connectivity index (χ0v) is 14.3. The Labute approximate surface area is 140 Å². The number of nitro groups is 1. The van der Waals surface area contributed by atoms with Gasteiger partial charge in [0.25, 0.3) is 15.7 Å². The number of methoxy groups -OCH3 is 1. The van der Waals surface area contributed by atoms with Crippen LogP contribution >= 0.6 is 22.6 Å². The van der Waals surface area contributed by atoms with Crippen LogP contribution in [0, 0.1) is 13.7 Å². The van der Waals surface area contributed by atoms with E-state index in [1.54, 1.807) is 24.3 Å². The minimum Gasteiger partial charge on any atom is -0.495 e. The summed E-state index contributed by atoms with van der Waals surface area (Å²) in [6, 6.07) is 10.1. The standard InChI is InChI=1S/C13H11IN2O5S/c1-21-12-7-6-11(16(17)18)8-13(12)22(19,20)15-10-4-2-9(14)3-5-10/h2-8,15H,1H3. The Bertz CT molecular complexity index is 806. The normalized spacial score (nSPS) is 11.0. The summed E-state index contributed by atoms with van der Waals surface area (Å²) in [6.07, 6.45) is 0. The van der Waals surface area contributed by atoms with Crippen molar-refractivity contribution < 1.29 is 18.1 Å². The van der Waals surface area contributed by atoms with E-state index in [9.17, 15) is 18.5 Å². The van der Waals surface area contributed by atoms with Crippen molar-refractivity contribution in [2.24, 2.45) is 0 Å². The third kappa shape index (κ3) is 3.65. The Balaban J connectivity index is 2.45. The number of nitrogens with zero attached hydrogens (tertiary/aromatic N) is 1. The second-order valence-corrected chi connectivity index (χ2v) is 7.10. The average Bonchev–Trinajstić information content (AvgIpc) is 2.48. The second-order valence-electron chi connectivity index (χ2n) is 4.20. The number of anilines is 1. The molecule has 0 aromatic heterocycles. The number of sulfonamides is 1. The molecule has 0 saturated heterocycles. The van der Waals surface area contributed by atoms with Gasteiger partial charge in [-0.15, -0.1) is 0 Å². The van der Waals surface area contributed by atoms with Gasteiger partial charge in [0.15, 0.2) is 0 Å². The lowest BCUT2D eigenvalue weighted by molar-refractivity contribution is -0.385. The maximum Gasteiger partial charge on any atom is 0.271 e. The highest BCUT2D eigenvalue weighted by Gasteiger charge is 2.23. The van der Waals surface area contributed by atoms with Crippen LogP contribution in [0.2, 0.25) is 0 Å². The summed E-state index contributed by atoms with van der Waals surface area (Å²) in [7, 11) is -2.71. The van der Waals surface area contributed by atoms with Gasteiger partial charge >= 0.3 is 0 Å². The molecule has 0 atom stereocenters. The molecule has 2 aromatic rings. The second kappa shape index (κ2) is 6.48. The predicted octanol–water partition coefficient (Wildman–Crippen LogP) is 3.01. The molecule has 0 saturated carbocycles. The van der Waals surface area contributed by atoms with Gasteiger partial charge in [-0.2, -0.15) is 0 Å². The molecule has 0 aliphatic heterocycles. The Hall–Kier alpha value is -1.88. The third-order valence-electron chi connectivity index (χ3n) is 2.74. The molecule has 0 heterocycles. The smallest absolute Gasteiger partial charge is 0.271 e. The number of ether oxygens (including phenoxy) is 1. The number of halogens is 1. The largest absolute Gasteiger partial charge is 0.495 e. The van der Waals surface area contributed by atoms with Crippen molar-refractivity contribution in [2.75, 3.05) is 11.8 Å². The van der Waals surface area contributed by atoms with Crippen LogP contribution in [-0.2, 0) is 10.0 Å². The zero-order valence-electron chi connectivity index (χ0n) is 11.3. The molecule has 0 aliphatic carbocycles. The first-order valence-electron chi connectivity index (χ1n) is 5.94. The molecule has 0 fully saturated rings. The first-order chi connectivity index (χ1) is 10.3. The van der Waals surface area contributed by atoms with E-state index in [1.807, 2.05) is 0 Å². The zero-order chi connectivity index (χ0) is 16.3. The number of nitrogens with one attached hydrogen (secondary N) is 1. The highest BCUT2D eigenvalue weighted by Crippen LogP contribution is 2.29. The molecule has 0 amide bonds. The fourth-order valence-corrected chi connectivity index (χ4v) is 3.33. The molecule has 0 aliphatic rings. The highest BCUT2D eigenvalue weighted by molar-refractivity contribution is 14.1. The lowest BCUT2D eigenvalue weighted by Crippen LogP contribution is -2.14. The summed E-state index contributed by atoms with van der Waals surface area (Å²) < 4.78 is 33.2. The van der Waals surface area contributed by atoms with E-state index >= 15 is 0 Å². The Morgan fingerprint density at radius 2 is 1.82 bits per heavy atom. The van der Waals surface area contributed by atoms with Gasteiger partial charge in [-0.3, -0.25) is 14.8 Å². The minimum absolute atomic E-state index is 0.0311. The van der Waals surface area contributed by atoms with E-state index in [1.165, 1.54) is 19.2 Å². The van der Waals surface area contributed by atoms with Crippen molar-refractivity contribution >= 4 is 44.0 Å². The molecule has 2 aromatic carbocycles. The SMILES string of the molecule is COc1ccc([N+](=O)[O-])cc1S(=O)(=O)Nc1ccc(I)cc1. The van der Waals surface area contributed by atoms with Crippen LogP contribution in [0.15, 0.2) is 47.4 Å². The van der Waals surface area contributed by atoms with Crippen LogP contribution in [0.5, 0.6) is 5.75 Å². The fourth-order valence-electron chi connectivity index (χ4n) is 1.72. The van der Waals surface area contributed by atoms with Gasteiger partial charge in [-0.1, -0.05) is 0 Å². The molecule has 0 radical (unpaired) electrons. The molecule has 9 heteroatoms. The third-order valence-corrected chi connectivity index (χ3v) is 4.87. The van der Waals surface area contributed by atoms with Gasteiger partial charge in [-0.05, 0) is 52.9 Å². The number of hydrogen-bond acceptors (Lipinski definition) is 5.